The second kappa shape index (κ2) is 12.0. The van der Waals surface area contributed by atoms with Crippen LogP contribution in [0.1, 0.15) is 39.5 Å². The Bertz CT molecular complexity index is 976. The minimum Gasteiger partial charge on any atom is -0.490 e. The lowest BCUT2D eigenvalue weighted by Gasteiger charge is -2.34. The Morgan fingerprint density at radius 3 is 2.57 bits per heavy atom. The number of ether oxygens (including phenoxy) is 2. The summed E-state index contributed by atoms with van der Waals surface area (Å²) in [5.74, 6) is 1.75. The van der Waals surface area contributed by atoms with Crippen LogP contribution >= 0.6 is 12.2 Å². The number of nitrogens with one attached hydrogen (secondary N) is 2. The molecule has 2 N–H and O–H groups in total. The summed E-state index contributed by atoms with van der Waals surface area (Å²) in [7, 11) is 0. The van der Waals surface area contributed by atoms with E-state index in [2.05, 4.69) is 25.5 Å². The zero-order valence-corrected chi connectivity index (χ0v) is 21.2. The molecule has 10 heteroatoms. The normalized spacial score (nSPS) is 17.2. The Balaban J connectivity index is 1.22. The fourth-order valence-electron chi connectivity index (χ4n) is 4.31. The minimum atomic E-state index is -0.240. The third kappa shape index (κ3) is 7.42. The average molecular weight is 499 g/mol. The van der Waals surface area contributed by atoms with Crippen molar-refractivity contribution in [1.29, 1.82) is 0 Å². The fourth-order valence-corrected chi connectivity index (χ4v) is 4.60. The second-order valence-corrected chi connectivity index (χ2v) is 9.60. The van der Waals surface area contributed by atoms with Crippen LogP contribution in [0.25, 0.3) is 0 Å². The molecule has 0 bridgehead atoms. The molecule has 2 aromatic rings. The van der Waals surface area contributed by atoms with E-state index in [0.29, 0.717) is 24.2 Å². The van der Waals surface area contributed by atoms with Crippen molar-refractivity contribution in [1.82, 2.24) is 20.2 Å². The monoisotopic (exact) mass is 498 g/mol. The second-order valence-electron chi connectivity index (χ2n) is 9.19. The number of carbonyl (C=O) groups is 1. The van der Waals surface area contributed by atoms with Gasteiger partial charge in [-0.25, -0.2) is 9.78 Å². The van der Waals surface area contributed by atoms with Crippen LogP contribution in [0.4, 0.5) is 16.3 Å². The molecule has 0 radical (unpaired) electrons. The maximum atomic E-state index is 12.1. The van der Waals surface area contributed by atoms with Crippen LogP contribution < -0.4 is 20.3 Å². The highest BCUT2D eigenvalue weighted by Gasteiger charge is 2.26. The number of amides is 1. The van der Waals surface area contributed by atoms with Gasteiger partial charge in [0.2, 0.25) is 0 Å². The molecule has 188 valence electrons. The summed E-state index contributed by atoms with van der Waals surface area (Å²) in [4.78, 5) is 24.8. The number of likely N-dealkylation sites (tertiary alicyclic amines) is 1. The predicted molar refractivity (Wildman–Crippen MR) is 140 cm³/mol. The Hall–Kier alpha value is -3.14. The van der Waals surface area contributed by atoms with Crippen molar-refractivity contribution < 1.29 is 14.3 Å². The molecule has 0 unspecified atom stereocenters. The van der Waals surface area contributed by atoms with Gasteiger partial charge in [-0.3, -0.25) is 4.98 Å². The highest BCUT2D eigenvalue weighted by atomic mass is 32.1. The van der Waals surface area contributed by atoms with Crippen molar-refractivity contribution in [3.05, 3.63) is 42.9 Å². The van der Waals surface area contributed by atoms with E-state index >= 15 is 0 Å². The van der Waals surface area contributed by atoms with E-state index in [4.69, 9.17) is 21.7 Å². The van der Waals surface area contributed by atoms with Crippen molar-refractivity contribution in [3.63, 3.8) is 0 Å². The van der Waals surface area contributed by atoms with Crippen LogP contribution in [0.2, 0.25) is 0 Å². The van der Waals surface area contributed by atoms with Gasteiger partial charge in [0.25, 0.3) is 0 Å². The lowest BCUT2D eigenvalue weighted by molar-refractivity contribution is 0.0517. The average Bonchev–Trinajstić information content (AvgIpc) is 2.85. The topological polar surface area (TPSA) is 91.8 Å². The molecule has 35 heavy (non-hydrogen) atoms. The van der Waals surface area contributed by atoms with E-state index in [-0.39, 0.29) is 18.3 Å². The molecule has 2 aliphatic rings. The number of carbonyl (C=O) groups excluding carboxylic acids is 1. The lowest BCUT2D eigenvalue weighted by Crippen LogP contribution is -2.46. The summed E-state index contributed by atoms with van der Waals surface area (Å²) in [5, 5.41) is 7.21. The number of hydrogen-bond acceptors (Lipinski definition) is 7. The molecule has 0 spiro atoms. The van der Waals surface area contributed by atoms with Gasteiger partial charge in [-0.05, 0) is 57.1 Å². The van der Waals surface area contributed by atoms with Gasteiger partial charge in [0.05, 0.1) is 18.0 Å². The van der Waals surface area contributed by atoms with Crippen LogP contribution in [-0.4, -0.2) is 70.5 Å². The Morgan fingerprint density at radius 2 is 1.89 bits per heavy atom. The van der Waals surface area contributed by atoms with Crippen molar-refractivity contribution in [2.75, 3.05) is 36.4 Å². The van der Waals surface area contributed by atoms with Crippen molar-refractivity contribution in [2.45, 2.75) is 57.8 Å². The Labute approximate surface area is 212 Å². The molecule has 2 saturated heterocycles. The van der Waals surface area contributed by atoms with Crippen molar-refractivity contribution in [2.24, 2.45) is 0 Å². The molecule has 0 aliphatic carbocycles. The molecule has 2 aromatic heterocycles. The van der Waals surface area contributed by atoms with Crippen LogP contribution in [0.5, 0.6) is 5.75 Å². The summed E-state index contributed by atoms with van der Waals surface area (Å²) in [6.07, 6.45) is 8.53. The van der Waals surface area contributed by atoms with Crippen molar-refractivity contribution in [3.8, 4) is 5.75 Å². The molecule has 9 nitrogen and oxygen atoms in total. The van der Waals surface area contributed by atoms with E-state index in [9.17, 15) is 4.79 Å². The maximum absolute atomic E-state index is 12.1. The summed E-state index contributed by atoms with van der Waals surface area (Å²) in [6.45, 7) is 6.80. The first-order chi connectivity index (χ1) is 17.0. The molecule has 4 heterocycles. The smallest absolute Gasteiger partial charge is 0.410 e. The molecular formula is C25H34N6O3S. The van der Waals surface area contributed by atoms with Gasteiger partial charge in [-0.2, -0.15) is 0 Å². The van der Waals surface area contributed by atoms with Gasteiger partial charge in [0.15, 0.2) is 5.11 Å². The quantitative estimate of drug-likeness (QED) is 0.577. The third-order valence-corrected chi connectivity index (χ3v) is 6.35. The lowest BCUT2D eigenvalue weighted by atomic mass is 10.1. The molecule has 2 fully saturated rings. The Morgan fingerprint density at radius 1 is 1.11 bits per heavy atom. The summed E-state index contributed by atoms with van der Waals surface area (Å²) in [6, 6.07) is 8.05. The number of piperidine rings is 2. The predicted octanol–water partition coefficient (Wildman–Crippen LogP) is 3.82. The molecule has 4 rings (SSSR count). The van der Waals surface area contributed by atoms with E-state index in [1.54, 1.807) is 23.5 Å². The van der Waals surface area contributed by atoms with E-state index in [0.717, 1.165) is 56.0 Å². The number of pyridine rings is 2. The maximum Gasteiger partial charge on any atom is 0.410 e. The first-order valence-corrected chi connectivity index (χ1v) is 12.7. The first-order valence-electron chi connectivity index (χ1n) is 12.3. The van der Waals surface area contributed by atoms with Gasteiger partial charge in [-0.15, -0.1) is 0 Å². The van der Waals surface area contributed by atoms with Crippen LogP contribution in [0, 0.1) is 0 Å². The number of thiocarbonyl (C=S) groups is 1. The van der Waals surface area contributed by atoms with Crippen LogP contribution in [-0.2, 0) is 4.74 Å². The molecule has 2 aliphatic heterocycles. The van der Waals surface area contributed by atoms with Crippen LogP contribution in [0.3, 0.4) is 0 Å². The molecule has 1 amide bonds. The highest BCUT2D eigenvalue weighted by Crippen LogP contribution is 2.25. The summed E-state index contributed by atoms with van der Waals surface area (Å²) >= 11 is 5.45. The number of nitrogens with zero attached hydrogens (tertiary/aromatic N) is 4. The van der Waals surface area contributed by atoms with E-state index < -0.39 is 0 Å². The van der Waals surface area contributed by atoms with E-state index in [1.165, 1.54) is 0 Å². The zero-order valence-electron chi connectivity index (χ0n) is 20.4. The minimum absolute atomic E-state index is 0.0802. The van der Waals surface area contributed by atoms with Gasteiger partial charge in [0, 0.05) is 63.5 Å². The third-order valence-electron chi connectivity index (χ3n) is 6.13. The summed E-state index contributed by atoms with van der Waals surface area (Å²) in [5.41, 5.74) is 0.879. The fraction of sp³-hybridized carbons (Fsp3) is 0.520. The Kier molecular flexibility index (Phi) is 8.57. The summed E-state index contributed by atoms with van der Waals surface area (Å²) < 4.78 is 11.5. The molecule has 0 atom stereocenters. The molecular weight excluding hydrogens is 464 g/mol. The SMILES string of the molecule is CC(C)OC(=O)N1CCC(Oc2ccnc(N3CCC(NC(=S)Nc4cccnc4)CC3)c2)CC1. The molecule has 0 aromatic carbocycles. The van der Waals surface area contributed by atoms with Gasteiger partial charge in [-0.1, -0.05) is 0 Å². The van der Waals surface area contributed by atoms with Gasteiger partial charge < -0.3 is 29.9 Å². The van der Waals surface area contributed by atoms with Crippen molar-refractivity contribution >= 4 is 34.9 Å². The number of anilines is 2. The standard InChI is InChI=1S/C25H34N6O3S/c1-18(2)33-25(32)31-14-8-21(9-15-31)34-22-5-11-27-23(16-22)30-12-6-19(7-13-30)28-24(35)29-20-4-3-10-26-17-20/h3-5,10-11,16-19,21H,6-9,12-15H2,1-2H3,(H2,28,29,35). The number of hydrogen-bond donors (Lipinski definition) is 2. The highest BCUT2D eigenvalue weighted by molar-refractivity contribution is 7.80. The number of aromatic nitrogens is 2. The van der Waals surface area contributed by atoms with E-state index in [1.807, 2.05) is 38.1 Å². The first kappa shape index (κ1) is 25.0. The number of rotatable bonds is 6. The largest absolute Gasteiger partial charge is 0.490 e. The van der Waals surface area contributed by atoms with Gasteiger partial charge in [0.1, 0.15) is 17.7 Å². The zero-order chi connectivity index (χ0) is 24.6. The van der Waals surface area contributed by atoms with Gasteiger partial charge >= 0.3 is 6.09 Å². The van der Waals surface area contributed by atoms with Crippen LogP contribution in [0.15, 0.2) is 42.9 Å². The molecule has 0 saturated carbocycles.